The van der Waals surface area contributed by atoms with E-state index in [1.165, 1.54) is 19.2 Å². The van der Waals surface area contributed by atoms with E-state index >= 15 is 0 Å². The Morgan fingerprint density at radius 2 is 1.77 bits per heavy atom. The van der Waals surface area contributed by atoms with E-state index < -0.39 is 50.0 Å². The molecular weight excluding hydrogens is 443 g/mol. The van der Waals surface area contributed by atoms with Gasteiger partial charge in [-0.05, 0) is 49.4 Å². The number of aromatic nitrogens is 2. The first-order valence-electron chi connectivity index (χ1n) is 8.69. The van der Waals surface area contributed by atoms with Crippen LogP contribution in [0.1, 0.15) is 24.1 Å². The normalized spacial score (nSPS) is 13.0. The van der Waals surface area contributed by atoms with Crippen molar-refractivity contribution in [2.45, 2.75) is 24.0 Å². The van der Waals surface area contributed by atoms with Crippen LogP contribution in [0.2, 0.25) is 0 Å². The monoisotopic (exact) mass is 458 g/mol. The second-order valence-electron chi connectivity index (χ2n) is 6.44. The van der Waals surface area contributed by atoms with Crippen molar-refractivity contribution in [1.82, 2.24) is 9.97 Å². The van der Waals surface area contributed by atoms with E-state index in [-0.39, 0.29) is 11.4 Å². The van der Waals surface area contributed by atoms with Crippen molar-refractivity contribution in [2.75, 3.05) is 10.0 Å². The molecule has 164 valence electrons. The Morgan fingerprint density at radius 1 is 1.03 bits per heavy atom. The molecule has 0 radical (unpaired) electrons. The maximum absolute atomic E-state index is 14.0. The molecule has 0 fully saturated rings. The predicted molar refractivity (Wildman–Crippen MR) is 103 cm³/mol. The van der Waals surface area contributed by atoms with Crippen LogP contribution in [-0.4, -0.2) is 18.4 Å². The molecule has 0 amide bonds. The average Bonchev–Trinajstić information content (AvgIpc) is 2.69. The van der Waals surface area contributed by atoms with Crippen molar-refractivity contribution < 1.29 is 30.4 Å². The minimum Gasteiger partial charge on any atom is -0.378 e. The number of hydrogen-bond acceptors (Lipinski definition) is 5. The van der Waals surface area contributed by atoms with Gasteiger partial charge in [-0.3, -0.25) is 4.72 Å². The van der Waals surface area contributed by atoms with Gasteiger partial charge in [-0.15, -0.1) is 0 Å². The summed E-state index contributed by atoms with van der Waals surface area (Å²) in [6.07, 6.45) is -2.60. The Kier molecular flexibility index (Phi) is 6.11. The van der Waals surface area contributed by atoms with Crippen LogP contribution in [0.4, 0.5) is 33.5 Å². The Morgan fingerprint density at radius 3 is 2.42 bits per heavy atom. The van der Waals surface area contributed by atoms with Gasteiger partial charge in [0.25, 0.3) is 10.0 Å². The van der Waals surface area contributed by atoms with E-state index in [0.717, 1.165) is 36.7 Å². The lowest BCUT2D eigenvalue weighted by Gasteiger charge is -2.21. The van der Waals surface area contributed by atoms with E-state index in [9.17, 15) is 30.4 Å². The van der Waals surface area contributed by atoms with Gasteiger partial charge < -0.3 is 5.32 Å². The summed E-state index contributed by atoms with van der Waals surface area (Å²) in [5.41, 5.74) is -1.97. The highest BCUT2D eigenvalue weighted by molar-refractivity contribution is 7.92. The number of sulfonamides is 1. The third-order valence-corrected chi connectivity index (χ3v) is 5.58. The van der Waals surface area contributed by atoms with Crippen LogP contribution in [0.15, 0.2) is 59.9 Å². The Hall–Kier alpha value is -3.28. The number of nitrogens with one attached hydrogen (secondary N) is 2. The lowest BCUT2D eigenvalue weighted by Crippen LogP contribution is -2.18. The number of nitrogens with zero attached hydrogens (tertiary/aromatic N) is 2. The van der Waals surface area contributed by atoms with Crippen LogP contribution in [0.3, 0.4) is 0 Å². The highest BCUT2D eigenvalue weighted by Gasteiger charge is 2.35. The first-order chi connectivity index (χ1) is 14.5. The van der Waals surface area contributed by atoms with Crippen LogP contribution < -0.4 is 10.0 Å². The number of rotatable bonds is 6. The first-order valence-corrected chi connectivity index (χ1v) is 10.2. The molecule has 0 spiro atoms. The number of hydrogen-bond donors (Lipinski definition) is 2. The lowest BCUT2D eigenvalue weighted by molar-refractivity contribution is -0.137. The number of halogens is 5. The molecule has 3 aromatic rings. The summed E-state index contributed by atoms with van der Waals surface area (Å²) in [4.78, 5) is 6.62. The van der Waals surface area contributed by atoms with Crippen LogP contribution in [0.5, 0.6) is 0 Å². The molecule has 1 heterocycles. The molecule has 0 saturated heterocycles. The minimum absolute atomic E-state index is 0.124. The molecule has 31 heavy (non-hydrogen) atoms. The second-order valence-corrected chi connectivity index (χ2v) is 8.12. The SMILES string of the molecule is CC(Nc1ccc(S(=O)(=O)Nc2ccncn2)cc1C(F)(F)F)c1cc(F)ccc1F. The Balaban J connectivity index is 1.96. The van der Waals surface area contributed by atoms with Crippen molar-refractivity contribution in [3.05, 3.63) is 77.8 Å². The average molecular weight is 458 g/mol. The summed E-state index contributed by atoms with van der Waals surface area (Å²) in [6.45, 7) is 1.35. The van der Waals surface area contributed by atoms with Crippen molar-refractivity contribution in [3.8, 4) is 0 Å². The molecule has 0 aliphatic heterocycles. The highest BCUT2D eigenvalue weighted by Crippen LogP contribution is 2.38. The third-order valence-electron chi connectivity index (χ3n) is 4.22. The van der Waals surface area contributed by atoms with E-state index in [2.05, 4.69) is 20.0 Å². The van der Waals surface area contributed by atoms with Crippen molar-refractivity contribution in [3.63, 3.8) is 0 Å². The zero-order valence-corrected chi connectivity index (χ0v) is 16.6. The van der Waals surface area contributed by atoms with Crippen molar-refractivity contribution >= 4 is 21.5 Å². The molecule has 1 atom stereocenters. The van der Waals surface area contributed by atoms with Gasteiger partial charge in [-0.25, -0.2) is 27.2 Å². The quantitative estimate of drug-likeness (QED) is 0.521. The van der Waals surface area contributed by atoms with E-state index in [0.29, 0.717) is 6.07 Å². The molecule has 0 aliphatic rings. The molecule has 0 saturated carbocycles. The lowest BCUT2D eigenvalue weighted by atomic mass is 10.1. The minimum atomic E-state index is -4.93. The molecule has 0 aliphatic carbocycles. The largest absolute Gasteiger partial charge is 0.418 e. The molecule has 12 heteroatoms. The van der Waals surface area contributed by atoms with Gasteiger partial charge in [0.2, 0.25) is 0 Å². The van der Waals surface area contributed by atoms with Crippen LogP contribution in [0.25, 0.3) is 0 Å². The molecule has 3 rings (SSSR count). The van der Waals surface area contributed by atoms with Crippen molar-refractivity contribution in [1.29, 1.82) is 0 Å². The molecule has 1 aromatic heterocycles. The highest BCUT2D eigenvalue weighted by atomic mass is 32.2. The van der Waals surface area contributed by atoms with E-state index in [4.69, 9.17) is 0 Å². The Labute approximate surface area is 174 Å². The molecule has 2 N–H and O–H groups in total. The Bertz CT molecular complexity index is 1190. The predicted octanol–water partition coefficient (Wildman–Crippen LogP) is 4.75. The smallest absolute Gasteiger partial charge is 0.378 e. The van der Waals surface area contributed by atoms with Gasteiger partial charge in [0.1, 0.15) is 23.8 Å². The van der Waals surface area contributed by atoms with Crippen LogP contribution in [0, 0.1) is 11.6 Å². The fourth-order valence-electron chi connectivity index (χ4n) is 2.76. The van der Waals surface area contributed by atoms with Crippen LogP contribution >= 0.6 is 0 Å². The first kappa shape index (κ1) is 22.4. The van der Waals surface area contributed by atoms with Gasteiger partial charge in [0.05, 0.1) is 16.5 Å². The van der Waals surface area contributed by atoms with E-state index in [1.807, 2.05) is 0 Å². The van der Waals surface area contributed by atoms with Gasteiger partial charge >= 0.3 is 6.18 Å². The summed E-state index contributed by atoms with van der Waals surface area (Å²) in [5.74, 6) is -1.68. The van der Waals surface area contributed by atoms with E-state index in [1.54, 1.807) is 0 Å². The zero-order chi connectivity index (χ0) is 22.8. The zero-order valence-electron chi connectivity index (χ0n) is 15.8. The molecule has 2 aromatic carbocycles. The molecule has 0 bridgehead atoms. The second kappa shape index (κ2) is 8.46. The molecule has 1 unspecified atom stereocenters. The topological polar surface area (TPSA) is 84.0 Å². The standard InChI is InChI=1S/C19H15F5N4O2S/c1-11(14-8-12(20)2-4-16(14)21)27-17-5-3-13(9-15(17)19(22,23)24)31(29,30)28-18-6-7-25-10-26-18/h2-11,27H,1H3,(H,25,26,28). The van der Waals surface area contributed by atoms with Gasteiger partial charge in [-0.2, -0.15) is 13.2 Å². The fourth-order valence-corrected chi connectivity index (χ4v) is 3.79. The van der Waals surface area contributed by atoms with Gasteiger partial charge in [0, 0.05) is 17.4 Å². The number of anilines is 2. The maximum atomic E-state index is 14.0. The fraction of sp³-hybridized carbons (Fsp3) is 0.158. The molecule has 6 nitrogen and oxygen atoms in total. The summed E-state index contributed by atoms with van der Waals surface area (Å²) in [7, 11) is -4.38. The summed E-state index contributed by atoms with van der Waals surface area (Å²) < 4.78 is 95.3. The van der Waals surface area contributed by atoms with Gasteiger partial charge in [0.15, 0.2) is 0 Å². The number of benzene rings is 2. The summed E-state index contributed by atoms with van der Waals surface area (Å²) >= 11 is 0. The van der Waals surface area contributed by atoms with Crippen LogP contribution in [-0.2, 0) is 16.2 Å². The summed E-state index contributed by atoms with van der Waals surface area (Å²) in [6, 6.07) is 5.11. The number of alkyl halides is 3. The van der Waals surface area contributed by atoms with Gasteiger partial charge in [-0.1, -0.05) is 0 Å². The summed E-state index contributed by atoms with van der Waals surface area (Å²) in [5, 5.41) is 2.47. The molecular formula is C19H15F5N4O2S. The van der Waals surface area contributed by atoms with Crippen molar-refractivity contribution in [2.24, 2.45) is 0 Å². The maximum Gasteiger partial charge on any atom is 0.418 e. The third kappa shape index (κ3) is 5.26.